The van der Waals surface area contributed by atoms with Gasteiger partial charge in [0.2, 0.25) is 0 Å². The minimum atomic E-state index is -4.87. The molecule has 0 amide bonds. The maximum atomic E-state index is 12.4. The van der Waals surface area contributed by atoms with Crippen molar-refractivity contribution in [2.45, 2.75) is 25.4 Å². The van der Waals surface area contributed by atoms with Gasteiger partial charge < -0.3 is 18.3 Å². The number of hydrogen-bond donors (Lipinski definition) is 1. The van der Waals surface area contributed by atoms with E-state index in [1.54, 1.807) is 6.07 Å². The molecule has 0 bridgehead atoms. The van der Waals surface area contributed by atoms with Crippen molar-refractivity contribution in [3.8, 4) is 0 Å². The normalized spacial score (nSPS) is 15.7. The number of halogens is 3. The third-order valence-corrected chi connectivity index (χ3v) is 2.50. The summed E-state index contributed by atoms with van der Waals surface area (Å²) in [5.41, 5.74) is 0.198. The van der Waals surface area contributed by atoms with E-state index in [1.165, 1.54) is 12.1 Å². The fourth-order valence-corrected chi connectivity index (χ4v) is 1.46. The Morgan fingerprint density at radius 3 is 2.50 bits per heavy atom. The largest absolute Gasteiger partial charge is 1.00 e. The zero-order valence-corrected chi connectivity index (χ0v) is 12.3. The Labute approximate surface area is 136 Å². The zero-order valence-electron chi connectivity index (χ0n) is 9.22. The Morgan fingerprint density at radius 1 is 1.25 bits per heavy atom. The van der Waals surface area contributed by atoms with Crippen LogP contribution in [0.15, 0.2) is 24.3 Å². The molecule has 0 radical (unpaired) electrons. The molecule has 1 saturated carbocycles. The molecule has 2 rings (SSSR count). The summed E-state index contributed by atoms with van der Waals surface area (Å²) in [6.45, 7) is -4.33. The van der Waals surface area contributed by atoms with Crippen LogP contribution in [0.25, 0.3) is 0 Å². The molecule has 1 aliphatic carbocycles. The molecule has 1 aliphatic rings. The van der Waals surface area contributed by atoms with Crippen molar-refractivity contribution in [2.75, 3.05) is 0 Å². The number of hydrogen-bond acceptors (Lipinski definition) is 1. The molecule has 0 atom stereocenters. The van der Waals surface area contributed by atoms with E-state index in [1.807, 2.05) is 0 Å². The van der Waals surface area contributed by atoms with Crippen molar-refractivity contribution in [2.24, 2.45) is 0 Å². The van der Waals surface area contributed by atoms with E-state index in [2.05, 4.69) is 5.32 Å². The van der Waals surface area contributed by atoms with Crippen LogP contribution in [0.4, 0.5) is 12.9 Å². The van der Waals surface area contributed by atoms with Crippen LogP contribution in [0, 0.1) is 0 Å². The fourth-order valence-electron chi connectivity index (χ4n) is 1.46. The first kappa shape index (κ1) is 14.7. The van der Waals surface area contributed by atoms with Crippen molar-refractivity contribution < 1.29 is 64.3 Å². The van der Waals surface area contributed by atoms with Gasteiger partial charge in [-0.05, 0) is 18.4 Å². The third-order valence-electron chi connectivity index (χ3n) is 2.50. The zero-order chi connectivity index (χ0) is 10.9. The topological polar surface area (TPSA) is 12.0 Å². The van der Waals surface area contributed by atoms with Gasteiger partial charge in [0.15, 0.2) is 0 Å². The maximum absolute atomic E-state index is 12.4. The summed E-state index contributed by atoms with van der Waals surface area (Å²) in [5, 5.41) is 3.19. The second-order valence-corrected chi connectivity index (χ2v) is 3.97. The standard InChI is InChI=1S/C10H12BF3N.K/c12-11(13,14)9-3-1-2-8(6-9)7-15-10-4-5-10;/h1-3,6,10,15H,4-5,7H2;/q-1;+1. The minimum absolute atomic E-state index is 0. The Morgan fingerprint density at radius 2 is 1.94 bits per heavy atom. The summed E-state index contributed by atoms with van der Waals surface area (Å²) in [4.78, 5) is 0. The quantitative estimate of drug-likeness (QED) is 0.678. The van der Waals surface area contributed by atoms with Crippen LogP contribution in [-0.4, -0.2) is 13.0 Å². The molecular weight excluding hydrogens is 241 g/mol. The van der Waals surface area contributed by atoms with E-state index in [9.17, 15) is 12.9 Å². The molecule has 1 aromatic carbocycles. The molecule has 0 heterocycles. The average Bonchev–Trinajstić information content (AvgIpc) is 2.97. The molecule has 6 heteroatoms. The van der Waals surface area contributed by atoms with Gasteiger partial charge in [0.25, 0.3) is 0 Å². The van der Waals surface area contributed by atoms with Crippen LogP contribution in [0.3, 0.4) is 0 Å². The molecule has 16 heavy (non-hydrogen) atoms. The fraction of sp³-hybridized carbons (Fsp3) is 0.400. The van der Waals surface area contributed by atoms with Crippen LogP contribution >= 0.6 is 0 Å². The Balaban J connectivity index is 0.00000128. The van der Waals surface area contributed by atoms with E-state index in [-0.39, 0.29) is 51.4 Å². The van der Waals surface area contributed by atoms with Crippen LogP contribution in [-0.2, 0) is 6.54 Å². The smallest absolute Gasteiger partial charge is 0.445 e. The molecule has 1 aromatic rings. The number of benzene rings is 1. The Bertz CT molecular complexity index is 352. The monoisotopic (exact) mass is 253 g/mol. The molecule has 82 valence electrons. The van der Waals surface area contributed by atoms with Crippen LogP contribution in [0.1, 0.15) is 18.4 Å². The first-order chi connectivity index (χ1) is 7.05. The van der Waals surface area contributed by atoms with Crippen molar-refractivity contribution in [3.05, 3.63) is 29.8 Å². The van der Waals surface area contributed by atoms with E-state index < -0.39 is 12.4 Å². The predicted molar refractivity (Wildman–Crippen MR) is 55.0 cm³/mol. The van der Waals surface area contributed by atoms with Crippen molar-refractivity contribution in [1.29, 1.82) is 0 Å². The molecular formula is C10H12BF3KN. The number of rotatable bonds is 4. The Kier molecular flexibility index (Phi) is 5.54. The molecule has 1 N–H and O–H groups in total. The first-order valence-electron chi connectivity index (χ1n) is 5.08. The van der Waals surface area contributed by atoms with Gasteiger partial charge in [-0.1, -0.05) is 24.3 Å². The molecule has 0 aliphatic heterocycles. The summed E-state index contributed by atoms with van der Waals surface area (Å²) < 4.78 is 37.3. The van der Waals surface area contributed by atoms with Crippen molar-refractivity contribution in [3.63, 3.8) is 0 Å². The van der Waals surface area contributed by atoms with Gasteiger partial charge in [-0.2, -0.15) is 0 Å². The van der Waals surface area contributed by atoms with E-state index in [0.717, 1.165) is 18.9 Å². The molecule has 0 saturated heterocycles. The van der Waals surface area contributed by atoms with Gasteiger partial charge in [0.1, 0.15) is 0 Å². The van der Waals surface area contributed by atoms with Crippen molar-refractivity contribution in [1.82, 2.24) is 5.32 Å². The molecule has 1 fully saturated rings. The Hall–Kier alpha value is 0.671. The van der Waals surface area contributed by atoms with E-state index in [0.29, 0.717) is 18.2 Å². The second kappa shape index (κ2) is 6.02. The van der Waals surface area contributed by atoms with E-state index >= 15 is 0 Å². The first-order valence-corrected chi connectivity index (χ1v) is 5.08. The van der Waals surface area contributed by atoms with Gasteiger partial charge in [-0.3, -0.25) is 0 Å². The van der Waals surface area contributed by atoms with Crippen molar-refractivity contribution >= 4 is 12.4 Å². The van der Waals surface area contributed by atoms with E-state index in [4.69, 9.17) is 0 Å². The average molecular weight is 253 g/mol. The summed E-state index contributed by atoms with van der Waals surface area (Å²) >= 11 is 0. The molecule has 0 aromatic heterocycles. The van der Waals surface area contributed by atoms with Gasteiger partial charge in [0, 0.05) is 12.6 Å². The maximum Gasteiger partial charge on any atom is 1.00 e. The third kappa shape index (κ3) is 4.51. The van der Waals surface area contributed by atoms with Gasteiger partial charge in [0.05, 0.1) is 0 Å². The SMILES string of the molecule is F[B-](F)(F)c1cccc(CNC2CC2)c1.[K+]. The summed E-state index contributed by atoms with van der Waals surface area (Å²) in [5.74, 6) is 0. The number of nitrogens with one attached hydrogen (secondary N) is 1. The minimum Gasteiger partial charge on any atom is -0.445 e. The molecule has 0 spiro atoms. The summed E-state index contributed by atoms with van der Waals surface area (Å²) in [6.07, 6.45) is 2.28. The van der Waals surface area contributed by atoms with Gasteiger partial charge in [-0.15, -0.1) is 5.46 Å². The second-order valence-electron chi connectivity index (χ2n) is 3.97. The van der Waals surface area contributed by atoms with Gasteiger partial charge >= 0.3 is 58.4 Å². The summed E-state index contributed by atoms with van der Waals surface area (Å²) in [6, 6.07) is 6.07. The molecule has 0 unspecified atom stereocenters. The molecule has 1 nitrogen and oxygen atoms in total. The van der Waals surface area contributed by atoms with Crippen LogP contribution < -0.4 is 62.2 Å². The van der Waals surface area contributed by atoms with Gasteiger partial charge in [-0.25, -0.2) is 0 Å². The van der Waals surface area contributed by atoms with Crippen LogP contribution in [0.2, 0.25) is 0 Å². The summed E-state index contributed by atoms with van der Waals surface area (Å²) in [7, 11) is 0. The van der Waals surface area contributed by atoms with Crippen LogP contribution in [0.5, 0.6) is 0 Å². The predicted octanol–water partition coefficient (Wildman–Crippen LogP) is -1.00.